The minimum absolute atomic E-state index is 0.00464. The fourth-order valence-electron chi connectivity index (χ4n) is 5.34. The average molecular weight is 511 g/mol. The van der Waals surface area contributed by atoms with Crippen LogP contribution >= 0.6 is 11.3 Å². The van der Waals surface area contributed by atoms with Crippen molar-refractivity contribution in [1.82, 2.24) is 19.6 Å². The van der Waals surface area contributed by atoms with Crippen LogP contribution in [0.1, 0.15) is 39.8 Å². The molecule has 0 unspecified atom stereocenters. The molecule has 0 bridgehead atoms. The summed E-state index contributed by atoms with van der Waals surface area (Å²) < 4.78 is 6.30. The monoisotopic (exact) mass is 510 g/mol. The van der Waals surface area contributed by atoms with Crippen LogP contribution in [-0.2, 0) is 14.3 Å². The van der Waals surface area contributed by atoms with Gasteiger partial charge in [0.15, 0.2) is 0 Å². The molecule has 36 heavy (non-hydrogen) atoms. The van der Waals surface area contributed by atoms with E-state index in [1.807, 2.05) is 23.6 Å². The smallest absolute Gasteiger partial charge is 0.263 e. The first kappa shape index (κ1) is 24.5. The second-order valence-corrected chi connectivity index (χ2v) is 10.4. The first-order valence-corrected chi connectivity index (χ1v) is 13.2. The molecule has 1 aromatic carbocycles. The van der Waals surface area contributed by atoms with Crippen LogP contribution in [0.4, 0.5) is 0 Å². The number of hydrogen-bond donors (Lipinski definition) is 0. The molecule has 0 radical (unpaired) electrons. The van der Waals surface area contributed by atoms with Gasteiger partial charge in [0.05, 0.1) is 11.5 Å². The molecule has 2 aromatic rings. The number of likely N-dealkylation sites (tertiary alicyclic amines) is 1. The molecule has 0 saturated carbocycles. The van der Waals surface area contributed by atoms with Crippen molar-refractivity contribution < 1.29 is 23.9 Å². The van der Waals surface area contributed by atoms with E-state index < -0.39 is 11.8 Å². The van der Waals surface area contributed by atoms with Crippen molar-refractivity contribution in [2.75, 3.05) is 45.9 Å². The van der Waals surface area contributed by atoms with Crippen molar-refractivity contribution in [2.45, 2.75) is 31.5 Å². The molecule has 9 nitrogen and oxygen atoms in total. The van der Waals surface area contributed by atoms with Crippen LogP contribution in [0.25, 0.3) is 0 Å². The lowest BCUT2D eigenvalue weighted by Gasteiger charge is -2.45. The van der Waals surface area contributed by atoms with Gasteiger partial charge in [-0.2, -0.15) is 0 Å². The molecule has 4 amide bonds. The van der Waals surface area contributed by atoms with Crippen LogP contribution < -0.4 is 0 Å². The molecule has 1 atom stereocenters. The Kier molecular flexibility index (Phi) is 6.81. The Morgan fingerprint density at radius 3 is 2.11 bits per heavy atom. The van der Waals surface area contributed by atoms with Gasteiger partial charge in [0, 0.05) is 64.6 Å². The van der Waals surface area contributed by atoms with E-state index in [0.29, 0.717) is 62.6 Å². The molecule has 0 aliphatic carbocycles. The van der Waals surface area contributed by atoms with E-state index in [-0.39, 0.29) is 30.2 Å². The number of amides is 4. The second kappa shape index (κ2) is 10.0. The van der Waals surface area contributed by atoms with E-state index in [2.05, 4.69) is 0 Å². The summed E-state index contributed by atoms with van der Waals surface area (Å²) in [4.78, 5) is 59.6. The van der Waals surface area contributed by atoms with Crippen molar-refractivity contribution in [2.24, 2.45) is 0 Å². The molecule has 1 spiro atoms. The summed E-state index contributed by atoms with van der Waals surface area (Å²) in [6.45, 7) is 4.33. The van der Waals surface area contributed by atoms with Gasteiger partial charge in [-0.25, -0.2) is 0 Å². The van der Waals surface area contributed by atoms with Crippen LogP contribution in [-0.4, -0.2) is 101 Å². The highest BCUT2D eigenvalue weighted by Gasteiger charge is 2.55. The Balaban J connectivity index is 1.36. The molecule has 1 aromatic heterocycles. The molecule has 0 N–H and O–H groups in total. The molecular weight excluding hydrogens is 480 g/mol. The summed E-state index contributed by atoms with van der Waals surface area (Å²) in [6.07, 6.45) is 0.870. The molecular formula is C26H30N4O5S. The zero-order valence-electron chi connectivity index (χ0n) is 20.3. The van der Waals surface area contributed by atoms with E-state index in [9.17, 15) is 19.2 Å². The van der Waals surface area contributed by atoms with E-state index >= 15 is 0 Å². The first-order chi connectivity index (χ1) is 17.4. The highest BCUT2D eigenvalue weighted by molar-refractivity contribution is 7.12. The molecule has 190 valence electrons. The lowest BCUT2D eigenvalue weighted by molar-refractivity contribution is -0.142. The zero-order valence-corrected chi connectivity index (χ0v) is 21.1. The SMILES string of the molecule is CC(=O)N1CCN(C(=O)[C@H]2COC3(CCN(C(=O)c4cccs4)CC3)N2C(=O)c2ccccc2)CC1. The van der Waals surface area contributed by atoms with Gasteiger partial charge < -0.3 is 19.4 Å². The standard InChI is InChI=1S/C26H30N4O5S/c1-19(31)27-13-15-29(16-14-27)24(33)21-18-35-26(30(21)23(32)20-6-3-2-4-7-20)9-11-28(12-10-26)25(34)22-8-5-17-36-22/h2-8,17,21H,9-16,18H2,1H3/t21-/m1/s1. The number of piperazine rings is 1. The molecule has 3 aliphatic rings. The van der Waals surface area contributed by atoms with Gasteiger partial charge in [-0.3, -0.25) is 24.1 Å². The summed E-state index contributed by atoms with van der Waals surface area (Å²) in [6, 6.07) is 11.9. The number of nitrogens with zero attached hydrogens (tertiary/aromatic N) is 4. The van der Waals surface area contributed by atoms with Gasteiger partial charge in [-0.15, -0.1) is 11.3 Å². The van der Waals surface area contributed by atoms with E-state index in [0.717, 1.165) is 0 Å². The van der Waals surface area contributed by atoms with Crippen LogP contribution in [0, 0.1) is 0 Å². The number of benzene rings is 1. The van der Waals surface area contributed by atoms with E-state index in [1.54, 1.807) is 43.9 Å². The molecule has 3 fully saturated rings. The Bertz CT molecular complexity index is 1120. The van der Waals surface area contributed by atoms with Crippen LogP contribution in [0.2, 0.25) is 0 Å². The predicted octanol–water partition coefficient (Wildman–Crippen LogP) is 1.91. The molecule has 3 aliphatic heterocycles. The summed E-state index contributed by atoms with van der Waals surface area (Å²) in [7, 11) is 0. The highest BCUT2D eigenvalue weighted by atomic mass is 32.1. The third-order valence-electron chi connectivity index (χ3n) is 7.39. The Labute approximate surface area is 214 Å². The zero-order chi connectivity index (χ0) is 25.3. The largest absolute Gasteiger partial charge is 0.353 e. The third-order valence-corrected chi connectivity index (χ3v) is 8.24. The van der Waals surface area contributed by atoms with Crippen LogP contribution in [0.15, 0.2) is 47.8 Å². The van der Waals surface area contributed by atoms with Gasteiger partial charge in [0.1, 0.15) is 11.8 Å². The molecule has 3 saturated heterocycles. The number of rotatable bonds is 3. The van der Waals surface area contributed by atoms with Gasteiger partial charge in [-0.05, 0) is 23.6 Å². The lowest BCUT2D eigenvalue weighted by Crippen LogP contribution is -2.61. The fourth-order valence-corrected chi connectivity index (χ4v) is 6.03. The number of piperidine rings is 1. The van der Waals surface area contributed by atoms with Crippen molar-refractivity contribution in [3.63, 3.8) is 0 Å². The lowest BCUT2D eigenvalue weighted by atomic mass is 9.96. The summed E-state index contributed by atoms with van der Waals surface area (Å²) in [5, 5.41) is 1.88. The normalized spacial score (nSPS) is 21.6. The van der Waals surface area contributed by atoms with Crippen molar-refractivity contribution >= 4 is 35.0 Å². The minimum atomic E-state index is -0.944. The maximum atomic E-state index is 13.8. The summed E-state index contributed by atoms with van der Waals surface area (Å²) >= 11 is 1.41. The number of carbonyl (C=O) groups excluding carboxylic acids is 4. The predicted molar refractivity (Wildman–Crippen MR) is 133 cm³/mol. The first-order valence-electron chi connectivity index (χ1n) is 12.3. The molecule has 10 heteroatoms. The average Bonchev–Trinajstić information content (AvgIpc) is 3.57. The van der Waals surface area contributed by atoms with Crippen molar-refractivity contribution in [1.29, 1.82) is 0 Å². The van der Waals surface area contributed by atoms with Crippen molar-refractivity contribution in [3.05, 3.63) is 58.3 Å². The van der Waals surface area contributed by atoms with Crippen molar-refractivity contribution in [3.8, 4) is 0 Å². The van der Waals surface area contributed by atoms with E-state index in [4.69, 9.17) is 4.74 Å². The number of carbonyl (C=O) groups is 4. The molecule has 4 heterocycles. The number of ether oxygens (including phenoxy) is 1. The minimum Gasteiger partial charge on any atom is -0.353 e. The van der Waals surface area contributed by atoms with Gasteiger partial charge in [-0.1, -0.05) is 24.3 Å². The highest BCUT2D eigenvalue weighted by Crippen LogP contribution is 2.39. The Hall–Kier alpha value is -3.24. The number of thiophene rings is 1. The van der Waals surface area contributed by atoms with Crippen LogP contribution in [0.3, 0.4) is 0 Å². The third kappa shape index (κ3) is 4.51. The maximum Gasteiger partial charge on any atom is 0.263 e. The Morgan fingerprint density at radius 1 is 0.833 bits per heavy atom. The van der Waals surface area contributed by atoms with E-state index in [1.165, 1.54) is 18.3 Å². The topological polar surface area (TPSA) is 90.5 Å². The van der Waals surface area contributed by atoms with Crippen LogP contribution in [0.5, 0.6) is 0 Å². The van der Waals surface area contributed by atoms with Gasteiger partial charge in [0.2, 0.25) is 11.8 Å². The Morgan fingerprint density at radius 2 is 1.50 bits per heavy atom. The maximum absolute atomic E-state index is 13.8. The quantitative estimate of drug-likeness (QED) is 0.629. The fraction of sp³-hybridized carbons (Fsp3) is 0.462. The summed E-state index contributed by atoms with van der Waals surface area (Å²) in [5.41, 5.74) is -0.445. The second-order valence-electron chi connectivity index (χ2n) is 9.42. The number of hydrogen-bond acceptors (Lipinski definition) is 6. The summed E-state index contributed by atoms with van der Waals surface area (Å²) in [5.74, 6) is -0.423. The van der Waals surface area contributed by atoms with Gasteiger partial charge in [0.25, 0.3) is 11.8 Å². The molecule has 5 rings (SSSR count). The van der Waals surface area contributed by atoms with Gasteiger partial charge >= 0.3 is 0 Å².